The Balaban J connectivity index is 1.47. The van der Waals surface area contributed by atoms with Crippen molar-refractivity contribution in [3.05, 3.63) is 29.8 Å². The number of likely N-dealkylation sites (tertiary alicyclic amines) is 1. The maximum absolute atomic E-state index is 12.4. The molecule has 2 fully saturated rings. The summed E-state index contributed by atoms with van der Waals surface area (Å²) in [5.41, 5.74) is 1.22. The van der Waals surface area contributed by atoms with E-state index in [-0.39, 0.29) is 0 Å². The lowest BCUT2D eigenvalue weighted by molar-refractivity contribution is 0.190. The predicted octanol–water partition coefficient (Wildman–Crippen LogP) is 1.27. The van der Waals surface area contributed by atoms with Crippen LogP contribution in [-0.4, -0.2) is 54.0 Å². The van der Waals surface area contributed by atoms with Crippen molar-refractivity contribution >= 4 is 11.0 Å². The van der Waals surface area contributed by atoms with E-state index in [1.165, 1.54) is 5.56 Å². The number of nitrogens with one attached hydrogen (secondary N) is 2. The summed E-state index contributed by atoms with van der Waals surface area (Å²) in [5, 5.41) is 3.49. The molecule has 2 heterocycles. The van der Waals surface area contributed by atoms with Crippen molar-refractivity contribution in [1.82, 2.24) is 14.9 Å². The van der Waals surface area contributed by atoms with E-state index in [0.29, 0.717) is 12.1 Å². The second-order valence-corrected chi connectivity index (χ2v) is 7.60. The summed E-state index contributed by atoms with van der Waals surface area (Å²) in [5.74, 6) is 0. The first-order valence-corrected chi connectivity index (χ1v) is 9.70. The number of benzene rings is 1. The van der Waals surface area contributed by atoms with E-state index in [9.17, 15) is 4.21 Å². The Morgan fingerprint density at radius 2 is 2.09 bits per heavy atom. The van der Waals surface area contributed by atoms with Gasteiger partial charge in [-0.1, -0.05) is 19.1 Å². The molecule has 0 aliphatic carbocycles. The van der Waals surface area contributed by atoms with E-state index in [2.05, 4.69) is 34.0 Å². The number of ether oxygens (including phenoxy) is 1. The van der Waals surface area contributed by atoms with Gasteiger partial charge in [0.15, 0.2) is 0 Å². The Morgan fingerprint density at radius 3 is 2.74 bits per heavy atom. The molecule has 6 heteroatoms. The zero-order chi connectivity index (χ0) is 16.1. The van der Waals surface area contributed by atoms with Crippen molar-refractivity contribution < 1.29 is 8.95 Å². The van der Waals surface area contributed by atoms with Crippen LogP contribution in [0.25, 0.3) is 0 Å². The smallest absolute Gasteiger partial charge is 0.125 e. The van der Waals surface area contributed by atoms with Gasteiger partial charge in [-0.15, -0.1) is 0 Å². The van der Waals surface area contributed by atoms with Crippen LogP contribution in [0.4, 0.5) is 0 Å². The number of likely N-dealkylation sites (N-methyl/N-ethyl adjacent to an activating group) is 1. The normalized spacial score (nSPS) is 26.7. The van der Waals surface area contributed by atoms with Gasteiger partial charge < -0.3 is 15.0 Å². The molecule has 3 atom stereocenters. The van der Waals surface area contributed by atoms with Gasteiger partial charge in [0, 0.05) is 31.8 Å². The van der Waals surface area contributed by atoms with Crippen molar-refractivity contribution in [3.8, 4) is 0 Å². The zero-order valence-corrected chi connectivity index (χ0v) is 14.6. The molecular weight excluding hydrogens is 310 g/mol. The fourth-order valence-electron chi connectivity index (χ4n) is 3.12. The molecule has 0 bridgehead atoms. The minimum Gasteiger partial charge on any atom is -0.380 e. The number of hydrogen-bond acceptors (Lipinski definition) is 4. The number of nitrogens with zero attached hydrogens (tertiary/aromatic N) is 1. The molecule has 2 aliphatic rings. The van der Waals surface area contributed by atoms with Crippen LogP contribution in [-0.2, 0) is 22.3 Å². The van der Waals surface area contributed by atoms with Crippen molar-refractivity contribution in [1.29, 1.82) is 0 Å². The third kappa shape index (κ3) is 4.84. The van der Waals surface area contributed by atoms with Crippen LogP contribution < -0.4 is 10.0 Å². The monoisotopic (exact) mass is 337 g/mol. The molecule has 0 radical (unpaired) electrons. The second kappa shape index (κ2) is 8.35. The van der Waals surface area contributed by atoms with Crippen molar-refractivity contribution in [2.45, 2.75) is 43.3 Å². The lowest BCUT2D eigenvalue weighted by atomic mass is 10.2. The standard InChI is InChI=1S/C17H27N3O2S/c1-2-20-9-7-15(12-20)19-23(21)17-5-3-14(4-6-17)11-18-16-8-10-22-13-16/h3-6,15-16,18-19H,2,7-13H2,1H3. The van der Waals surface area contributed by atoms with Gasteiger partial charge in [0.05, 0.1) is 11.5 Å². The molecule has 128 valence electrons. The molecule has 1 aromatic rings. The van der Waals surface area contributed by atoms with Crippen LogP contribution >= 0.6 is 0 Å². The Kier molecular flexibility index (Phi) is 6.19. The van der Waals surface area contributed by atoms with Gasteiger partial charge in [-0.05, 0) is 43.6 Å². The molecule has 2 saturated heterocycles. The first kappa shape index (κ1) is 17.0. The highest BCUT2D eigenvalue weighted by atomic mass is 32.2. The number of hydrogen-bond donors (Lipinski definition) is 2. The average molecular weight is 337 g/mol. The fourth-order valence-corrected chi connectivity index (χ4v) is 4.14. The third-order valence-electron chi connectivity index (χ3n) is 4.66. The maximum atomic E-state index is 12.4. The fraction of sp³-hybridized carbons (Fsp3) is 0.647. The Labute approximate surface area is 141 Å². The molecule has 2 aliphatic heterocycles. The minimum atomic E-state index is -1.12. The quantitative estimate of drug-likeness (QED) is 0.787. The van der Waals surface area contributed by atoms with Crippen LogP contribution in [0, 0.1) is 0 Å². The van der Waals surface area contributed by atoms with Gasteiger partial charge in [0.25, 0.3) is 0 Å². The zero-order valence-electron chi connectivity index (χ0n) is 13.8. The van der Waals surface area contributed by atoms with E-state index < -0.39 is 11.0 Å². The second-order valence-electron chi connectivity index (χ2n) is 6.35. The largest absolute Gasteiger partial charge is 0.380 e. The van der Waals surface area contributed by atoms with Crippen molar-refractivity contribution in [2.75, 3.05) is 32.8 Å². The molecule has 0 spiro atoms. The molecule has 0 saturated carbocycles. The Hall–Kier alpha value is -0.790. The Morgan fingerprint density at radius 1 is 1.26 bits per heavy atom. The molecule has 23 heavy (non-hydrogen) atoms. The highest BCUT2D eigenvalue weighted by molar-refractivity contribution is 7.83. The van der Waals surface area contributed by atoms with Gasteiger partial charge in [-0.2, -0.15) is 0 Å². The molecule has 0 amide bonds. The Bertz CT molecular complexity index is 517. The maximum Gasteiger partial charge on any atom is 0.125 e. The molecule has 1 aromatic carbocycles. The lowest BCUT2D eigenvalue weighted by Gasteiger charge is -2.14. The van der Waals surface area contributed by atoms with Gasteiger partial charge in [-0.3, -0.25) is 0 Å². The SMILES string of the molecule is CCN1CCC(NS(=O)c2ccc(CNC3CCOC3)cc2)C1. The van der Waals surface area contributed by atoms with Crippen LogP contribution in [0.3, 0.4) is 0 Å². The summed E-state index contributed by atoms with van der Waals surface area (Å²) in [7, 11) is -1.12. The van der Waals surface area contributed by atoms with Crippen molar-refractivity contribution in [2.24, 2.45) is 0 Å². The van der Waals surface area contributed by atoms with Crippen LogP contribution in [0.5, 0.6) is 0 Å². The van der Waals surface area contributed by atoms with E-state index in [1.54, 1.807) is 0 Å². The summed E-state index contributed by atoms with van der Waals surface area (Å²) < 4.78 is 21.0. The summed E-state index contributed by atoms with van der Waals surface area (Å²) in [6.45, 7) is 7.83. The van der Waals surface area contributed by atoms with Crippen LogP contribution in [0.1, 0.15) is 25.3 Å². The highest BCUT2D eigenvalue weighted by Crippen LogP contribution is 2.13. The minimum absolute atomic E-state index is 0.333. The van der Waals surface area contributed by atoms with Crippen molar-refractivity contribution in [3.63, 3.8) is 0 Å². The average Bonchev–Trinajstić information content (AvgIpc) is 3.25. The van der Waals surface area contributed by atoms with Gasteiger partial charge in [0.2, 0.25) is 0 Å². The predicted molar refractivity (Wildman–Crippen MR) is 92.6 cm³/mol. The molecule has 2 N–H and O–H groups in total. The highest BCUT2D eigenvalue weighted by Gasteiger charge is 2.22. The third-order valence-corrected chi connectivity index (χ3v) is 5.90. The molecular formula is C17H27N3O2S. The van der Waals surface area contributed by atoms with Crippen LogP contribution in [0.15, 0.2) is 29.2 Å². The molecule has 3 rings (SSSR count). The summed E-state index contributed by atoms with van der Waals surface area (Å²) >= 11 is 0. The molecule has 5 nitrogen and oxygen atoms in total. The van der Waals surface area contributed by atoms with Gasteiger partial charge in [0.1, 0.15) is 11.0 Å². The van der Waals surface area contributed by atoms with Crippen LogP contribution in [0.2, 0.25) is 0 Å². The number of rotatable bonds is 7. The first-order valence-electron chi connectivity index (χ1n) is 8.55. The van der Waals surface area contributed by atoms with E-state index in [4.69, 9.17) is 4.74 Å². The summed E-state index contributed by atoms with van der Waals surface area (Å²) in [4.78, 5) is 3.24. The summed E-state index contributed by atoms with van der Waals surface area (Å²) in [6, 6.07) is 8.86. The first-order chi connectivity index (χ1) is 11.2. The van der Waals surface area contributed by atoms with Gasteiger partial charge in [-0.25, -0.2) is 8.93 Å². The van der Waals surface area contributed by atoms with E-state index in [0.717, 1.165) is 57.1 Å². The molecule has 0 aromatic heterocycles. The molecule has 3 unspecified atom stereocenters. The summed E-state index contributed by atoms with van der Waals surface area (Å²) in [6.07, 6.45) is 2.16. The van der Waals surface area contributed by atoms with E-state index in [1.807, 2.05) is 12.1 Å². The van der Waals surface area contributed by atoms with E-state index >= 15 is 0 Å². The van der Waals surface area contributed by atoms with Gasteiger partial charge >= 0.3 is 0 Å². The lowest BCUT2D eigenvalue weighted by Crippen LogP contribution is -2.33. The topological polar surface area (TPSA) is 53.6 Å².